The minimum Gasteiger partial charge on any atom is -0.482 e. The molecule has 1 aromatic rings. The second kappa shape index (κ2) is 13.1. The highest BCUT2D eigenvalue weighted by Gasteiger charge is 2.39. The summed E-state index contributed by atoms with van der Waals surface area (Å²) in [5.41, 5.74) is 2.66. The smallest absolute Gasteiger partial charge is 0.343 e. The molecule has 0 bridgehead atoms. The number of aliphatic carboxylic acids is 1. The van der Waals surface area contributed by atoms with Crippen molar-refractivity contribution >= 4 is 11.9 Å². The number of aliphatic hydroxyl groups is 1. The topological polar surface area (TPSA) is 93.1 Å². The fraction of sp³-hybridized carbons (Fsp3) is 0.714. The summed E-state index contributed by atoms with van der Waals surface area (Å²) in [6.45, 7) is 2.18. The van der Waals surface area contributed by atoms with Gasteiger partial charge in [-0.05, 0) is 92.7 Å². The zero-order valence-electron chi connectivity index (χ0n) is 20.8. The second-order valence-corrected chi connectivity index (χ2v) is 10.3. The van der Waals surface area contributed by atoms with Crippen LogP contribution in [0.25, 0.3) is 0 Å². The first-order valence-corrected chi connectivity index (χ1v) is 13.1. The molecule has 4 atom stereocenters. The third-order valence-electron chi connectivity index (χ3n) is 7.78. The van der Waals surface area contributed by atoms with E-state index in [1.807, 2.05) is 12.1 Å². The largest absolute Gasteiger partial charge is 0.482 e. The number of fused-ring (bicyclic) bond motifs is 2. The van der Waals surface area contributed by atoms with Crippen LogP contribution in [0.5, 0.6) is 5.75 Å². The average Bonchev–Trinajstić information content (AvgIpc) is 3.62. The van der Waals surface area contributed by atoms with Gasteiger partial charge in [0.1, 0.15) is 5.75 Å². The molecule has 2 N–H and O–H groups in total. The molecule has 6 nitrogen and oxygen atoms in total. The second-order valence-electron chi connectivity index (χ2n) is 10.3. The monoisotopic (exact) mass is 474 g/mol. The number of carboxylic acids is 1. The van der Waals surface area contributed by atoms with Gasteiger partial charge >= 0.3 is 11.9 Å². The zero-order valence-corrected chi connectivity index (χ0v) is 20.8. The summed E-state index contributed by atoms with van der Waals surface area (Å²) < 4.78 is 10.4. The SMILES string of the molecule is CCCCCC(O)CCC1CCC2Cc3c(cccc3OCC(=O)OC)CC12.O=C(O)C1CC1. The van der Waals surface area contributed by atoms with Gasteiger partial charge in [-0.15, -0.1) is 0 Å². The van der Waals surface area contributed by atoms with Crippen molar-refractivity contribution in [3.63, 3.8) is 0 Å². The quantitative estimate of drug-likeness (QED) is 0.339. The summed E-state index contributed by atoms with van der Waals surface area (Å²) in [7, 11) is 1.39. The number of carbonyl (C=O) groups is 2. The van der Waals surface area contributed by atoms with Gasteiger partial charge in [-0.2, -0.15) is 0 Å². The van der Waals surface area contributed by atoms with Crippen molar-refractivity contribution in [1.82, 2.24) is 0 Å². The number of carboxylic acid groups (broad SMARTS) is 1. The van der Waals surface area contributed by atoms with Crippen molar-refractivity contribution in [2.24, 2.45) is 23.7 Å². The Hall–Kier alpha value is -2.08. The summed E-state index contributed by atoms with van der Waals surface area (Å²) >= 11 is 0. The van der Waals surface area contributed by atoms with Crippen LogP contribution >= 0.6 is 0 Å². The van der Waals surface area contributed by atoms with Gasteiger partial charge in [0.15, 0.2) is 6.61 Å². The lowest BCUT2D eigenvalue weighted by molar-refractivity contribution is -0.143. The fourth-order valence-corrected chi connectivity index (χ4v) is 5.58. The maximum Gasteiger partial charge on any atom is 0.343 e. The molecule has 6 heteroatoms. The van der Waals surface area contributed by atoms with Gasteiger partial charge in [-0.25, -0.2) is 4.79 Å². The van der Waals surface area contributed by atoms with Crippen LogP contribution in [-0.4, -0.2) is 42.0 Å². The number of rotatable bonds is 11. The van der Waals surface area contributed by atoms with Gasteiger partial charge in [-0.3, -0.25) is 4.79 Å². The molecule has 2 fully saturated rings. The van der Waals surface area contributed by atoms with Crippen molar-refractivity contribution in [3.8, 4) is 5.75 Å². The van der Waals surface area contributed by atoms with E-state index in [-0.39, 0.29) is 24.6 Å². The van der Waals surface area contributed by atoms with E-state index in [0.29, 0.717) is 5.92 Å². The van der Waals surface area contributed by atoms with Crippen LogP contribution in [0.3, 0.4) is 0 Å². The Morgan fingerprint density at radius 3 is 2.53 bits per heavy atom. The van der Waals surface area contributed by atoms with Crippen molar-refractivity contribution in [2.75, 3.05) is 13.7 Å². The van der Waals surface area contributed by atoms with Crippen LogP contribution in [0.4, 0.5) is 0 Å². The lowest BCUT2D eigenvalue weighted by Crippen LogP contribution is -2.26. The first kappa shape index (κ1) is 26.5. The Balaban J connectivity index is 0.000000469. The predicted molar refractivity (Wildman–Crippen MR) is 131 cm³/mol. The van der Waals surface area contributed by atoms with E-state index in [4.69, 9.17) is 14.6 Å². The molecule has 0 radical (unpaired) electrons. The molecule has 3 aliphatic rings. The van der Waals surface area contributed by atoms with E-state index in [9.17, 15) is 14.7 Å². The molecule has 2 saturated carbocycles. The Morgan fingerprint density at radius 2 is 1.88 bits per heavy atom. The highest BCUT2D eigenvalue weighted by Crippen LogP contribution is 2.48. The number of benzene rings is 1. The molecule has 4 rings (SSSR count). The molecule has 190 valence electrons. The van der Waals surface area contributed by atoms with E-state index in [0.717, 1.165) is 69.0 Å². The summed E-state index contributed by atoms with van der Waals surface area (Å²) in [6.07, 6.45) is 13.0. The normalized spacial score (nSPS) is 23.7. The molecular formula is C28H42O6. The van der Waals surface area contributed by atoms with Gasteiger partial charge in [0.25, 0.3) is 0 Å². The minimum atomic E-state index is -0.630. The molecule has 4 unspecified atom stereocenters. The van der Waals surface area contributed by atoms with Crippen LogP contribution in [0.15, 0.2) is 18.2 Å². The minimum absolute atomic E-state index is 0.0185. The molecule has 0 spiro atoms. The highest BCUT2D eigenvalue weighted by molar-refractivity contribution is 5.72. The molecule has 0 saturated heterocycles. The third-order valence-corrected chi connectivity index (χ3v) is 7.78. The van der Waals surface area contributed by atoms with Gasteiger partial charge < -0.3 is 19.7 Å². The summed E-state index contributed by atoms with van der Waals surface area (Å²) in [5.74, 6) is 2.06. The Labute approximate surface area is 204 Å². The van der Waals surface area contributed by atoms with Crippen LogP contribution in [-0.2, 0) is 27.2 Å². The molecule has 0 amide bonds. The van der Waals surface area contributed by atoms with Crippen LogP contribution in [0, 0.1) is 23.7 Å². The number of hydrogen-bond acceptors (Lipinski definition) is 5. The molecule has 0 aliphatic heterocycles. The number of esters is 1. The Morgan fingerprint density at radius 1 is 1.09 bits per heavy atom. The van der Waals surface area contributed by atoms with Crippen molar-refractivity contribution in [2.45, 2.75) is 90.1 Å². The average molecular weight is 475 g/mol. The fourth-order valence-electron chi connectivity index (χ4n) is 5.58. The standard InChI is InChI=1S/C24H36O4.C4H6O2/c1-3-4-5-8-20(25)13-12-17-10-11-19-15-22-18(14-21(17)19)7-6-9-23(22)28-16-24(26)27-2;5-4(6)3-1-2-3/h6-7,9,17,19-21,25H,3-5,8,10-16H2,1-2H3;3H,1-2H2,(H,5,6). The maximum absolute atomic E-state index is 11.4. The number of unbranched alkanes of at least 4 members (excludes halogenated alkanes) is 2. The lowest BCUT2D eigenvalue weighted by Gasteiger charge is -2.32. The van der Waals surface area contributed by atoms with E-state index in [2.05, 4.69) is 13.0 Å². The number of hydrogen-bond donors (Lipinski definition) is 2. The maximum atomic E-state index is 11.4. The highest BCUT2D eigenvalue weighted by atomic mass is 16.6. The van der Waals surface area contributed by atoms with Crippen LogP contribution in [0.1, 0.15) is 82.3 Å². The molecule has 0 aromatic heterocycles. The van der Waals surface area contributed by atoms with Gasteiger partial charge in [0, 0.05) is 0 Å². The molecule has 3 aliphatic carbocycles. The van der Waals surface area contributed by atoms with Crippen molar-refractivity contribution < 1.29 is 29.3 Å². The molecule has 34 heavy (non-hydrogen) atoms. The Kier molecular flexibility index (Phi) is 10.2. The van der Waals surface area contributed by atoms with E-state index >= 15 is 0 Å². The zero-order chi connectivity index (χ0) is 24.5. The van der Waals surface area contributed by atoms with Crippen LogP contribution < -0.4 is 4.74 Å². The number of ether oxygens (including phenoxy) is 2. The van der Waals surface area contributed by atoms with Gasteiger partial charge in [0.05, 0.1) is 19.1 Å². The Bertz CT molecular complexity index is 802. The van der Waals surface area contributed by atoms with E-state index in [1.165, 1.54) is 43.9 Å². The first-order chi connectivity index (χ1) is 16.4. The van der Waals surface area contributed by atoms with Crippen molar-refractivity contribution in [1.29, 1.82) is 0 Å². The van der Waals surface area contributed by atoms with Gasteiger partial charge in [-0.1, -0.05) is 38.3 Å². The molecular weight excluding hydrogens is 432 g/mol. The number of methoxy groups -OCH3 is 1. The summed E-state index contributed by atoms with van der Waals surface area (Å²) in [6, 6.07) is 6.22. The summed E-state index contributed by atoms with van der Waals surface area (Å²) in [5, 5.41) is 18.3. The van der Waals surface area contributed by atoms with Crippen LogP contribution in [0.2, 0.25) is 0 Å². The van der Waals surface area contributed by atoms with Crippen molar-refractivity contribution in [3.05, 3.63) is 29.3 Å². The van der Waals surface area contributed by atoms with E-state index < -0.39 is 5.97 Å². The number of carbonyl (C=O) groups excluding carboxylic acids is 1. The first-order valence-electron chi connectivity index (χ1n) is 13.1. The molecule has 0 heterocycles. The third kappa shape index (κ3) is 7.72. The lowest BCUT2D eigenvalue weighted by atomic mass is 9.73. The summed E-state index contributed by atoms with van der Waals surface area (Å²) in [4.78, 5) is 21.2. The van der Waals surface area contributed by atoms with E-state index in [1.54, 1.807) is 0 Å². The van der Waals surface area contributed by atoms with Gasteiger partial charge in [0.2, 0.25) is 0 Å². The molecule has 1 aromatic carbocycles. The predicted octanol–water partition coefficient (Wildman–Crippen LogP) is 5.18. The number of aliphatic hydroxyl groups excluding tert-OH is 1.